The Kier molecular flexibility index (Phi) is 5.84. The van der Waals surface area contributed by atoms with Gasteiger partial charge in [0, 0.05) is 31.7 Å². The number of piperazine rings is 1. The van der Waals surface area contributed by atoms with Gasteiger partial charge in [-0.2, -0.15) is 0 Å². The van der Waals surface area contributed by atoms with Crippen molar-refractivity contribution < 1.29 is 14.1 Å². The molecule has 0 saturated carbocycles. The van der Waals surface area contributed by atoms with Gasteiger partial charge in [0.25, 0.3) is 0 Å². The normalized spacial score (nSPS) is 19.8. The van der Waals surface area contributed by atoms with Crippen LogP contribution < -0.4 is 10.6 Å². The van der Waals surface area contributed by atoms with E-state index in [9.17, 15) is 9.59 Å². The van der Waals surface area contributed by atoms with Crippen LogP contribution in [0.2, 0.25) is 0 Å². The third-order valence-electron chi connectivity index (χ3n) is 3.43. The first-order valence-corrected chi connectivity index (χ1v) is 8.37. The minimum absolute atomic E-state index is 0.0790. The molecule has 2 amide bonds. The van der Waals surface area contributed by atoms with Crippen molar-refractivity contribution >= 4 is 29.4 Å². The van der Waals surface area contributed by atoms with Crippen molar-refractivity contribution in [1.29, 1.82) is 0 Å². The minimum Gasteiger partial charge on any atom is -0.360 e. The number of aryl methyl sites for hydroxylation is 1. The Morgan fingerprint density at radius 1 is 1.64 bits per heavy atom. The van der Waals surface area contributed by atoms with Crippen LogP contribution >= 0.6 is 11.8 Å². The Balaban J connectivity index is 1.75. The van der Waals surface area contributed by atoms with E-state index in [2.05, 4.69) is 22.7 Å². The summed E-state index contributed by atoms with van der Waals surface area (Å²) in [4.78, 5) is 26.0. The quantitative estimate of drug-likeness (QED) is 0.835. The highest BCUT2D eigenvalue weighted by Gasteiger charge is 2.22. The number of hydrogen-bond acceptors (Lipinski definition) is 6. The summed E-state index contributed by atoms with van der Waals surface area (Å²) in [5, 5.41) is 9.36. The molecule has 2 atom stereocenters. The predicted molar refractivity (Wildman–Crippen MR) is 85.8 cm³/mol. The fourth-order valence-electron chi connectivity index (χ4n) is 2.18. The molecule has 1 aliphatic heterocycles. The molecule has 2 rings (SSSR count). The van der Waals surface area contributed by atoms with Crippen molar-refractivity contribution in [3.05, 3.63) is 11.8 Å². The summed E-state index contributed by atoms with van der Waals surface area (Å²) >= 11 is 1.33. The van der Waals surface area contributed by atoms with E-state index in [1.54, 1.807) is 19.9 Å². The summed E-state index contributed by atoms with van der Waals surface area (Å²) in [5.74, 6) is 1.24. The van der Waals surface area contributed by atoms with Crippen LogP contribution in [0.15, 0.2) is 10.6 Å². The van der Waals surface area contributed by atoms with Crippen molar-refractivity contribution in [2.24, 2.45) is 0 Å². The lowest BCUT2D eigenvalue weighted by atomic mass is 10.2. The van der Waals surface area contributed by atoms with E-state index in [4.69, 9.17) is 4.52 Å². The molecule has 1 aromatic heterocycles. The fourth-order valence-corrected chi connectivity index (χ4v) is 2.96. The molecule has 2 heterocycles. The Hall–Kier alpha value is -1.54. The van der Waals surface area contributed by atoms with Gasteiger partial charge in [0.05, 0.1) is 11.0 Å². The number of carbonyl (C=O) groups is 2. The van der Waals surface area contributed by atoms with Crippen molar-refractivity contribution in [1.82, 2.24) is 15.4 Å². The van der Waals surface area contributed by atoms with Gasteiger partial charge in [0.1, 0.15) is 5.76 Å². The summed E-state index contributed by atoms with van der Waals surface area (Å²) in [7, 11) is 0. The zero-order chi connectivity index (χ0) is 16.1. The molecular weight excluding hydrogens is 304 g/mol. The van der Waals surface area contributed by atoms with E-state index in [-0.39, 0.29) is 17.1 Å². The minimum atomic E-state index is -0.332. The lowest BCUT2D eigenvalue weighted by Gasteiger charge is -2.32. The van der Waals surface area contributed by atoms with Crippen LogP contribution in [0.4, 0.5) is 5.82 Å². The monoisotopic (exact) mass is 326 g/mol. The molecule has 0 radical (unpaired) electrons. The summed E-state index contributed by atoms with van der Waals surface area (Å²) in [6, 6.07) is 1.97. The van der Waals surface area contributed by atoms with Gasteiger partial charge >= 0.3 is 0 Å². The predicted octanol–water partition coefficient (Wildman–Crippen LogP) is 0.864. The first kappa shape index (κ1) is 16.8. The Morgan fingerprint density at radius 2 is 2.41 bits per heavy atom. The maximum Gasteiger partial charge on any atom is 0.238 e. The summed E-state index contributed by atoms with van der Waals surface area (Å²) in [5.41, 5.74) is 0. The lowest BCUT2D eigenvalue weighted by Crippen LogP contribution is -2.51. The summed E-state index contributed by atoms with van der Waals surface area (Å²) in [6.45, 7) is 7.86. The van der Waals surface area contributed by atoms with Crippen LogP contribution in [0.1, 0.15) is 19.6 Å². The second-order valence-corrected chi connectivity index (χ2v) is 6.79. The SMILES string of the molecule is Cc1cc(NC(=O)C(C)SCC(=O)N2CCNC(C)C2)no1. The molecule has 1 fully saturated rings. The molecule has 122 valence electrons. The van der Waals surface area contributed by atoms with Crippen LogP contribution in [-0.4, -0.2) is 58.5 Å². The van der Waals surface area contributed by atoms with Gasteiger partial charge in [-0.25, -0.2) is 0 Å². The number of nitrogens with one attached hydrogen (secondary N) is 2. The van der Waals surface area contributed by atoms with Gasteiger partial charge in [-0.05, 0) is 20.8 Å². The topological polar surface area (TPSA) is 87.5 Å². The number of hydrogen-bond donors (Lipinski definition) is 2. The molecule has 2 N–H and O–H groups in total. The molecular formula is C14H22N4O3S. The molecule has 0 spiro atoms. The van der Waals surface area contributed by atoms with Gasteiger partial charge in [-0.3, -0.25) is 9.59 Å². The molecule has 0 bridgehead atoms. The highest BCUT2D eigenvalue weighted by molar-refractivity contribution is 8.01. The standard InChI is InChI=1S/C14H22N4O3S/c1-9-7-18(5-4-15-9)13(19)8-22-11(3)14(20)16-12-6-10(2)21-17-12/h6,9,11,15H,4-5,7-8H2,1-3H3,(H,16,17,20). The van der Waals surface area contributed by atoms with E-state index in [1.807, 2.05) is 4.90 Å². The van der Waals surface area contributed by atoms with Crippen molar-refractivity contribution in [3.8, 4) is 0 Å². The molecule has 1 aromatic rings. The number of carbonyl (C=O) groups excluding carboxylic acids is 2. The average molecular weight is 326 g/mol. The molecule has 8 heteroatoms. The van der Waals surface area contributed by atoms with Gasteiger partial charge in [0.2, 0.25) is 11.8 Å². The number of anilines is 1. The molecule has 22 heavy (non-hydrogen) atoms. The number of rotatable bonds is 5. The molecule has 1 aliphatic rings. The van der Waals surface area contributed by atoms with E-state index in [0.717, 1.165) is 19.6 Å². The fraction of sp³-hybridized carbons (Fsp3) is 0.643. The third-order valence-corrected chi connectivity index (χ3v) is 4.55. The molecule has 7 nitrogen and oxygen atoms in total. The van der Waals surface area contributed by atoms with Gasteiger partial charge in [-0.15, -0.1) is 11.8 Å². The Morgan fingerprint density at radius 3 is 3.05 bits per heavy atom. The highest BCUT2D eigenvalue weighted by atomic mass is 32.2. The number of thioether (sulfide) groups is 1. The smallest absolute Gasteiger partial charge is 0.238 e. The lowest BCUT2D eigenvalue weighted by molar-refractivity contribution is -0.129. The average Bonchev–Trinajstić information content (AvgIpc) is 2.89. The largest absolute Gasteiger partial charge is 0.360 e. The molecule has 0 aliphatic carbocycles. The molecule has 1 saturated heterocycles. The van der Waals surface area contributed by atoms with E-state index in [1.165, 1.54) is 11.8 Å². The maximum atomic E-state index is 12.2. The number of amides is 2. The van der Waals surface area contributed by atoms with Crippen LogP contribution in [0.3, 0.4) is 0 Å². The van der Waals surface area contributed by atoms with Gasteiger partial charge in [0.15, 0.2) is 5.82 Å². The Bertz CT molecular complexity index is 534. The molecule has 0 aromatic carbocycles. The highest BCUT2D eigenvalue weighted by Crippen LogP contribution is 2.15. The zero-order valence-electron chi connectivity index (χ0n) is 13.1. The number of nitrogens with zero attached hydrogens (tertiary/aromatic N) is 2. The van der Waals surface area contributed by atoms with Crippen molar-refractivity contribution in [2.75, 3.05) is 30.7 Å². The second kappa shape index (κ2) is 7.64. The van der Waals surface area contributed by atoms with Crippen molar-refractivity contribution in [3.63, 3.8) is 0 Å². The molecule has 2 unspecified atom stereocenters. The third kappa shape index (κ3) is 4.74. The van der Waals surface area contributed by atoms with Crippen LogP contribution in [-0.2, 0) is 9.59 Å². The first-order chi connectivity index (χ1) is 10.5. The summed E-state index contributed by atoms with van der Waals surface area (Å²) < 4.78 is 4.89. The maximum absolute atomic E-state index is 12.2. The van der Waals surface area contributed by atoms with Crippen molar-refractivity contribution in [2.45, 2.75) is 32.1 Å². The van der Waals surface area contributed by atoms with E-state index in [0.29, 0.717) is 23.4 Å². The first-order valence-electron chi connectivity index (χ1n) is 7.32. The van der Waals surface area contributed by atoms with Gasteiger partial charge < -0.3 is 20.1 Å². The van der Waals surface area contributed by atoms with E-state index < -0.39 is 0 Å². The van der Waals surface area contributed by atoms with Crippen LogP contribution in [0.25, 0.3) is 0 Å². The van der Waals surface area contributed by atoms with Crippen LogP contribution in [0.5, 0.6) is 0 Å². The second-order valence-electron chi connectivity index (χ2n) is 5.46. The van der Waals surface area contributed by atoms with E-state index >= 15 is 0 Å². The summed E-state index contributed by atoms with van der Waals surface area (Å²) in [6.07, 6.45) is 0. The van der Waals surface area contributed by atoms with Crippen LogP contribution in [0, 0.1) is 6.92 Å². The van der Waals surface area contributed by atoms with Gasteiger partial charge in [-0.1, -0.05) is 5.16 Å². The zero-order valence-corrected chi connectivity index (χ0v) is 13.9. The number of aromatic nitrogens is 1. The Labute approximate surface area is 134 Å².